The Morgan fingerprint density at radius 2 is 1.94 bits per heavy atom. The Morgan fingerprint density at radius 3 is 2.31 bits per heavy atom. The second-order valence-electron chi connectivity index (χ2n) is 4.66. The Morgan fingerprint density at radius 1 is 1.38 bits per heavy atom. The molecule has 5 heteroatoms. The molecule has 0 heterocycles. The average molecular weight is 245 g/mol. The lowest BCUT2D eigenvalue weighted by atomic mass is 10.2. The van der Waals surface area contributed by atoms with Gasteiger partial charge in [-0.3, -0.25) is 0 Å². The Balaban J connectivity index is 4.28. The maximum atomic E-state index is 11.8. The number of rotatable bonds is 6. The molecule has 0 spiro atoms. The van der Waals surface area contributed by atoms with E-state index >= 15 is 0 Å². The molecule has 0 saturated heterocycles. The van der Waals surface area contributed by atoms with Gasteiger partial charge < -0.3 is 16.0 Å². The molecule has 0 aromatic heterocycles. The van der Waals surface area contributed by atoms with Gasteiger partial charge in [-0.1, -0.05) is 26.1 Å². The second kappa shape index (κ2) is 7.44. The molecule has 3 N–H and O–H groups in total. The van der Waals surface area contributed by atoms with Crippen LogP contribution in [0, 0.1) is 5.92 Å². The fraction of sp³-hybridized carbons (Fsp3) is 0.818. The summed E-state index contributed by atoms with van der Waals surface area (Å²) in [5, 5.41) is 2.87. The van der Waals surface area contributed by atoms with Crippen molar-refractivity contribution >= 4 is 23.2 Å². The number of carbonyl (C=O) groups is 1. The molecule has 0 aliphatic carbocycles. The summed E-state index contributed by atoms with van der Waals surface area (Å²) in [6, 6.07) is 0.104. The van der Waals surface area contributed by atoms with Crippen molar-refractivity contribution < 1.29 is 4.79 Å². The number of urea groups is 1. The molecule has 0 unspecified atom stereocenters. The summed E-state index contributed by atoms with van der Waals surface area (Å²) in [7, 11) is 0. The Bertz CT molecular complexity index is 241. The predicted molar refractivity (Wildman–Crippen MR) is 71.5 cm³/mol. The van der Waals surface area contributed by atoms with Gasteiger partial charge in [-0.25, -0.2) is 4.79 Å². The number of amides is 2. The molecule has 0 atom stereocenters. The van der Waals surface area contributed by atoms with Gasteiger partial charge in [0.25, 0.3) is 0 Å². The van der Waals surface area contributed by atoms with E-state index in [1.807, 2.05) is 13.8 Å². The molecular formula is C11H23N3OS. The fourth-order valence-electron chi connectivity index (χ4n) is 1.30. The van der Waals surface area contributed by atoms with Gasteiger partial charge in [-0.15, -0.1) is 0 Å². The minimum absolute atomic E-state index is 0.0417. The first-order chi connectivity index (χ1) is 7.32. The SMILES string of the molecule is CC(C)CN(CCC(N)=S)C(=O)NC(C)C. The van der Waals surface area contributed by atoms with Gasteiger partial charge in [-0.2, -0.15) is 0 Å². The maximum Gasteiger partial charge on any atom is 0.317 e. The third-order valence-electron chi connectivity index (χ3n) is 1.91. The van der Waals surface area contributed by atoms with Crippen molar-refractivity contribution in [3.8, 4) is 0 Å². The molecule has 0 radical (unpaired) electrons. The third-order valence-corrected chi connectivity index (χ3v) is 2.12. The molecule has 0 rings (SSSR count). The highest BCUT2D eigenvalue weighted by molar-refractivity contribution is 7.80. The summed E-state index contributed by atoms with van der Waals surface area (Å²) in [6.07, 6.45) is 0.577. The van der Waals surface area contributed by atoms with Crippen molar-refractivity contribution in [2.24, 2.45) is 11.7 Å². The topological polar surface area (TPSA) is 58.4 Å². The highest BCUT2D eigenvalue weighted by Gasteiger charge is 2.15. The molecule has 16 heavy (non-hydrogen) atoms. The summed E-state index contributed by atoms with van der Waals surface area (Å²) >= 11 is 4.82. The quantitative estimate of drug-likeness (QED) is 0.701. The summed E-state index contributed by atoms with van der Waals surface area (Å²) in [5.74, 6) is 0.434. The fourth-order valence-corrected chi connectivity index (χ4v) is 1.39. The van der Waals surface area contributed by atoms with E-state index in [1.165, 1.54) is 0 Å². The number of thiocarbonyl (C=S) groups is 1. The summed E-state index contributed by atoms with van der Waals surface area (Å²) in [4.78, 5) is 14.1. The van der Waals surface area contributed by atoms with E-state index in [-0.39, 0.29) is 12.1 Å². The van der Waals surface area contributed by atoms with E-state index < -0.39 is 0 Å². The van der Waals surface area contributed by atoms with Gasteiger partial charge >= 0.3 is 6.03 Å². The van der Waals surface area contributed by atoms with Crippen molar-refractivity contribution in [3.05, 3.63) is 0 Å². The molecule has 0 saturated carbocycles. The van der Waals surface area contributed by atoms with Gasteiger partial charge in [0.15, 0.2) is 0 Å². The summed E-state index contributed by atoms with van der Waals surface area (Å²) in [5.41, 5.74) is 5.45. The van der Waals surface area contributed by atoms with Crippen molar-refractivity contribution in [2.45, 2.75) is 40.2 Å². The van der Waals surface area contributed by atoms with Crippen LogP contribution < -0.4 is 11.1 Å². The van der Waals surface area contributed by atoms with Crippen molar-refractivity contribution in [3.63, 3.8) is 0 Å². The lowest BCUT2D eigenvalue weighted by Crippen LogP contribution is -2.45. The molecule has 0 aliphatic rings. The first-order valence-corrected chi connectivity index (χ1v) is 6.07. The maximum absolute atomic E-state index is 11.8. The number of nitrogens with zero attached hydrogens (tertiary/aromatic N) is 1. The van der Waals surface area contributed by atoms with Crippen LogP contribution in [0.15, 0.2) is 0 Å². The number of nitrogens with one attached hydrogen (secondary N) is 1. The van der Waals surface area contributed by atoms with E-state index in [0.29, 0.717) is 23.9 Å². The Hall–Kier alpha value is -0.840. The minimum atomic E-state index is -0.0417. The van der Waals surface area contributed by atoms with E-state index in [1.54, 1.807) is 4.90 Å². The Labute approximate surface area is 104 Å². The number of nitrogens with two attached hydrogens (primary N) is 1. The van der Waals surface area contributed by atoms with Crippen LogP contribution in [0.2, 0.25) is 0 Å². The minimum Gasteiger partial charge on any atom is -0.393 e. The molecule has 2 amide bonds. The zero-order valence-corrected chi connectivity index (χ0v) is 11.4. The van der Waals surface area contributed by atoms with Crippen molar-refractivity contribution in [1.29, 1.82) is 0 Å². The number of hydrogen-bond donors (Lipinski definition) is 2. The standard InChI is InChI=1S/C11H23N3OS/c1-8(2)7-14(6-5-10(12)16)11(15)13-9(3)4/h8-9H,5-7H2,1-4H3,(H2,12,16)(H,13,15). The van der Waals surface area contributed by atoms with Crippen LogP contribution in [-0.2, 0) is 0 Å². The molecular weight excluding hydrogens is 222 g/mol. The predicted octanol–water partition coefficient (Wildman–Crippen LogP) is 1.74. The van der Waals surface area contributed by atoms with Gasteiger partial charge in [0.1, 0.15) is 0 Å². The number of carbonyl (C=O) groups excluding carboxylic acids is 1. The third kappa shape index (κ3) is 7.45. The van der Waals surface area contributed by atoms with Crippen LogP contribution in [0.25, 0.3) is 0 Å². The molecule has 0 aliphatic heterocycles. The van der Waals surface area contributed by atoms with Crippen LogP contribution in [0.3, 0.4) is 0 Å². The van der Waals surface area contributed by atoms with Crippen LogP contribution in [0.4, 0.5) is 4.79 Å². The van der Waals surface area contributed by atoms with E-state index in [4.69, 9.17) is 18.0 Å². The largest absolute Gasteiger partial charge is 0.393 e. The Kier molecular flexibility index (Phi) is 7.05. The average Bonchev–Trinajstić information content (AvgIpc) is 2.09. The van der Waals surface area contributed by atoms with Gasteiger partial charge in [0.05, 0.1) is 4.99 Å². The van der Waals surface area contributed by atoms with E-state index in [9.17, 15) is 4.79 Å². The lowest BCUT2D eigenvalue weighted by molar-refractivity contribution is 0.190. The summed E-state index contributed by atoms with van der Waals surface area (Å²) < 4.78 is 0. The van der Waals surface area contributed by atoms with Crippen LogP contribution in [0.1, 0.15) is 34.1 Å². The van der Waals surface area contributed by atoms with Gasteiger partial charge in [0.2, 0.25) is 0 Å². The normalized spacial score (nSPS) is 10.6. The second-order valence-corrected chi connectivity index (χ2v) is 5.18. The molecule has 4 nitrogen and oxygen atoms in total. The van der Waals surface area contributed by atoms with Crippen LogP contribution in [-0.4, -0.2) is 35.1 Å². The van der Waals surface area contributed by atoms with Crippen molar-refractivity contribution in [2.75, 3.05) is 13.1 Å². The molecule has 0 bridgehead atoms. The molecule has 0 aromatic carbocycles. The van der Waals surface area contributed by atoms with Crippen LogP contribution in [0.5, 0.6) is 0 Å². The highest BCUT2D eigenvalue weighted by Crippen LogP contribution is 2.01. The number of hydrogen-bond acceptors (Lipinski definition) is 2. The zero-order valence-electron chi connectivity index (χ0n) is 10.6. The van der Waals surface area contributed by atoms with E-state index in [0.717, 1.165) is 6.54 Å². The first-order valence-electron chi connectivity index (χ1n) is 5.66. The highest BCUT2D eigenvalue weighted by atomic mass is 32.1. The monoisotopic (exact) mass is 245 g/mol. The van der Waals surface area contributed by atoms with E-state index in [2.05, 4.69) is 19.2 Å². The van der Waals surface area contributed by atoms with Gasteiger partial charge in [-0.05, 0) is 19.8 Å². The first kappa shape index (κ1) is 15.2. The lowest BCUT2D eigenvalue weighted by Gasteiger charge is -2.25. The van der Waals surface area contributed by atoms with Crippen LogP contribution >= 0.6 is 12.2 Å². The molecule has 0 fully saturated rings. The smallest absolute Gasteiger partial charge is 0.317 e. The molecule has 94 valence electrons. The van der Waals surface area contributed by atoms with Crippen molar-refractivity contribution in [1.82, 2.24) is 10.2 Å². The zero-order chi connectivity index (χ0) is 12.7. The summed E-state index contributed by atoms with van der Waals surface area (Å²) in [6.45, 7) is 9.36. The van der Waals surface area contributed by atoms with Gasteiger partial charge in [0, 0.05) is 25.6 Å². The molecule has 0 aromatic rings.